The van der Waals surface area contributed by atoms with Gasteiger partial charge < -0.3 is 24.4 Å². The monoisotopic (exact) mass is 518 g/mol. The molecule has 8 heteroatoms. The molecule has 3 aliphatic rings. The van der Waals surface area contributed by atoms with Crippen LogP contribution in [0.5, 0.6) is 0 Å². The maximum absolute atomic E-state index is 14.3. The van der Waals surface area contributed by atoms with Crippen LogP contribution in [0, 0.1) is 11.8 Å². The van der Waals surface area contributed by atoms with Crippen molar-refractivity contribution in [1.82, 2.24) is 9.80 Å². The van der Waals surface area contributed by atoms with Gasteiger partial charge in [-0.15, -0.1) is 13.2 Å². The number of rotatable bonds is 16. The number of aliphatic hydroxyl groups excluding tert-OH is 1. The highest BCUT2D eigenvalue weighted by Gasteiger charge is 2.79. The van der Waals surface area contributed by atoms with Crippen molar-refractivity contribution in [3.63, 3.8) is 0 Å². The highest BCUT2D eigenvalue weighted by molar-refractivity contribution is 5.98. The molecule has 3 heterocycles. The summed E-state index contributed by atoms with van der Waals surface area (Å²) in [7, 11) is 0. The molecule has 0 saturated carbocycles. The van der Waals surface area contributed by atoms with Crippen LogP contribution in [0.15, 0.2) is 25.3 Å². The number of fused-ring (bicyclic) bond motifs is 1. The van der Waals surface area contributed by atoms with Gasteiger partial charge in [-0.3, -0.25) is 14.4 Å². The van der Waals surface area contributed by atoms with Crippen LogP contribution in [-0.2, 0) is 23.9 Å². The van der Waals surface area contributed by atoms with Crippen LogP contribution in [0.2, 0.25) is 0 Å². The van der Waals surface area contributed by atoms with Gasteiger partial charge in [-0.1, -0.05) is 32.4 Å². The summed E-state index contributed by atoms with van der Waals surface area (Å²) in [4.78, 5) is 45.1. The summed E-state index contributed by atoms with van der Waals surface area (Å²) < 4.78 is 12.5. The molecule has 37 heavy (non-hydrogen) atoms. The molecule has 1 spiro atoms. The average Bonchev–Trinajstić information content (AvgIpc) is 3.49. The number of hydrogen-bond donors (Lipinski definition) is 1. The van der Waals surface area contributed by atoms with Crippen LogP contribution in [0.3, 0.4) is 0 Å². The van der Waals surface area contributed by atoms with Gasteiger partial charge in [0.15, 0.2) is 0 Å². The quantitative estimate of drug-likeness (QED) is 0.190. The Bertz CT molecular complexity index is 861. The van der Waals surface area contributed by atoms with Gasteiger partial charge in [-0.2, -0.15) is 0 Å². The van der Waals surface area contributed by atoms with E-state index in [0.717, 1.165) is 32.1 Å². The summed E-state index contributed by atoms with van der Waals surface area (Å²) in [6.07, 6.45) is 9.81. The van der Waals surface area contributed by atoms with Crippen molar-refractivity contribution in [2.75, 3.05) is 26.3 Å². The van der Waals surface area contributed by atoms with E-state index < -0.39 is 35.0 Å². The third-order valence-corrected chi connectivity index (χ3v) is 8.62. The number of allylic oxidation sites excluding steroid dienone is 1. The summed E-state index contributed by atoms with van der Waals surface area (Å²) in [5.41, 5.74) is -1.88. The van der Waals surface area contributed by atoms with Crippen molar-refractivity contribution in [1.29, 1.82) is 0 Å². The normalized spacial score (nSPS) is 30.8. The Morgan fingerprint density at radius 1 is 1.24 bits per heavy atom. The minimum atomic E-state index is -1.07. The molecule has 0 radical (unpaired) electrons. The summed E-state index contributed by atoms with van der Waals surface area (Å²) in [6, 6.07) is -0.870. The Morgan fingerprint density at radius 3 is 2.62 bits per heavy atom. The van der Waals surface area contributed by atoms with Crippen LogP contribution in [-0.4, -0.2) is 82.3 Å². The summed E-state index contributed by atoms with van der Waals surface area (Å²) >= 11 is 0. The molecule has 0 aliphatic carbocycles. The van der Waals surface area contributed by atoms with Gasteiger partial charge >= 0.3 is 5.97 Å². The van der Waals surface area contributed by atoms with E-state index in [1.807, 2.05) is 19.9 Å². The largest absolute Gasteiger partial charge is 0.465 e. The molecule has 208 valence electrons. The second-order valence-electron chi connectivity index (χ2n) is 10.8. The number of ether oxygens (including phenoxy) is 2. The molecule has 0 aromatic rings. The highest BCUT2D eigenvalue weighted by Crippen LogP contribution is 2.64. The summed E-state index contributed by atoms with van der Waals surface area (Å²) in [5.74, 6) is -2.31. The second-order valence-corrected chi connectivity index (χ2v) is 10.8. The summed E-state index contributed by atoms with van der Waals surface area (Å²) in [6.45, 7) is 14.4. The third-order valence-electron chi connectivity index (χ3n) is 8.62. The molecule has 3 rings (SSSR count). The van der Waals surface area contributed by atoms with Crippen molar-refractivity contribution in [2.45, 2.75) is 102 Å². The molecule has 3 unspecified atom stereocenters. The fourth-order valence-corrected chi connectivity index (χ4v) is 6.85. The minimum absolute atomic E-state index is 0.0317. The number of aliphatic hydroxyl groups is 1. The van der Waals surface area contributed by atoms with Crippen molar-refractivity contribution in [2.24, 2.45) is 11.8 Å². The van der Waals surface area contributed by atoms with E-state index in [4.69, 9.17) is 9.47 Å². The van der Waals surface area contributed by atoms with Crippen molar-refractivity contribution in [3.8, 4) is 0 Å². The average molecular weight is 519 g/mol. The predicted molar refractivity (Wildman–Crippen MR) is 142 cm³/mol. The van der Waals surface area contributed by atoms with E-state index in [1.165, 1.54) is 0 Å². The molecule has 1 N–H and O–H groups in total. The highest BCUT2D eigenvalue weighted by atomic mass is 16.6. The van der Waals surface area contributed by atoms with Gasteiger partial charge in [0.2, 0.25) is 11.8 Å². The fraction of sp³-hybridized carbons (Fsp3) is 0.759. The lowest BCUT2D eigenvalue weighted by Gasteiger charge is -2.39. The van der Waals surface area contributed by atoms with Crippen molar-refractivity contribution < 1.29 is 29.0 Å². The van der Waals surface area contributed by atoms with E-state index in [1.54, 1.807) is 15.9 Å². The van der Waals surface area contributed by atoms with Gasteiger partial charge in [0, 0.05) is 25.7 Å². The SMILES string of the molecule is C=CCCCCOC(=O)[C@@H]1[C@H]2C(=O)N(CCCO)C(C(=O)N(CC=C)C(C)CCC)C23CC[C@@]1(CC)O3. The number of nitrogens with zero attached hydrogens (tertiary/aromatic N) is 2. The zero-order chi connectivity index (χ0) is 27.2. The Balaban J connectivity index is 1.97. The van der Waals surface area contributed by atoms with E-state index >= 15 is 0 Å². The Labute approximate surface area is 222 Å². The first kappa shape index (κ1) is 29.4. The van der Waals surface area contributed by atoms with Crippen molar-refractivity contribution in [3.05, 3.63) is 25.3 Å². The molecular weight excluding hydrogens is 472 g/mol. The van der Waals surface area contributed by atoms with Crippen LogP contribution in [0.4, 0.5) is 0 Å². The molecular formula is C29H46N2O6. The van der Waals surface area contributed by atoms with E-state index in [-0.39, 0.29) is 37.6 Å². The van der Waals surface area contributed by atoms with Crippen LogP contribution < -0.4 is 0 Å². The Hall–Kier alpha value is -2.19. The Morgan fingerprint density at radius 2 is 2.00 bits per heavy atom. The standard InChI is InChI=1S/C29H46N2O6/c1-6-10-11-12-20-36-27(35)23-22-25(33)31(18-13-19-32)24(29(22)16-15-28(23,9-4)37-29)26(34)30(17-8-3)21(5)14-7-2/h6,8,21-24,32H,1,3,7,9-20H2,2,4-5H3/t21?,22-,23-,24?,28+,29?/m0/s1. The fourth-order valence-electron chi connectivity index (χ4n) is 6.85. The van der Waals surface area contributed by atoms with Gasteiger partial charge in [0.05, 0.1) is 18.1 Å². The van der Waals surface area contributed by atoms with Crippen LogP contribution >= 0.6 is 0 Å². The number of esters is 1. The molecule has 3 aliphatic heterocycles. The summed E-state index contributed by atoms with van der Waals surface area (Å²) in [5, 5.41) is 9.54. The van der Waals surface area contributed by atoms with Crippen LogP contribution in [0.1, 0.15) is 78.6 Å². The van der Waals surface area contributed by atoms with E-state index in [9.17, 15) is 19.5 Å². The van der Waals surface area contributed by atoms with Gasteiger partial charge in [0.1, 0.15) is 17.6 Å². The number of unbranched alkanes of at least 4 members (excludes halogenated alkanes) is 2. The Kier molecular flexibility index (Phi) is 9.98. The zero-order valence-corrected chi connectivity index (χ0v) is 23.0. The van der Waals surface area contributed by atoms with Crippen LogP contribution in [0.25, 0.3) is 0 Å². The first-order valence-corrected chi connectivity index (χ1v) is 14.1. The molecule has 3 fully saturated rings. The molecule has 0 aromatic heterocycles. The number of carbonyl (C=O) groups is 3. The maximum Gasteiger partial charge on any atom is 0.312 e. The zero-order valence-electron chi connectivity index (χ0n) is 23.0. The number of carbonyl (C=O) groups excluding carboxylic acids is 3. The number of amides is 2. The number of hydrogen-bond acceptors (Lipinski definition) is 6. The first-order chi connectivity index (χ1) is 17.8. The molecule has 3 saturated heterocycles. The van der Waals surface area contributed by atoms with Gasteiger partial charge in [-0.05, 0) is 58.3 Å². The lowest BCUT2D eigenvalue weighted by Crippen LogP contribution is -2.58. The lowest BCUT2D eigenvalue weighted by atomic mass is 9.65. The second kappa shape index (κ2) is 12.6. The van der Waals surface area contributed by atoms with E-state index in [0.29, 0.717) is 32.2 Å². The van der Waals surface area contributed by atoms with Gasteiger partial charge in [-0.25, -0.2) is 0 Å². The van der Waals surface area contributed by atoms with E-state index in [2.05, 4.69) is 20.1 Å². The molecule has 2 bridgehead atoms. The molecule has 8 nitrogen and oxygen atoms in total. The lowest BCUT2D eigenvalue weighted by molar-refractivity contribution is -0.162. The topological polar surface area (TPSA) is 96.4 Å². The number of likely N-dealkylation sites (tertiary alicyclic amines) is 1. The smallest absolute Gasteiger partial charge is 0.312 e. The molecule has 0 aromatic carbocycles. The minimum Gasteiger partial charge on any atom is -0.465 e. The first-order valence-electron chi connectivity index (χ1n) is 14.1. The molecule has 2 amide bonds. The third kappa shape index (κ3) is 5.24. The molecule has 6 atom stereocenters. The van der Waals surface area contributed by atoms with Gasteiger partial charge in [0.25, 0.3) is 0 Å². The van der Waals surface area contributed by atoms with Crippen molar-refractivity contribution >= 4 is 17.8 Å². The maximum atomic E-state index is 14.3. The predicted octanol–water partition coefficient (Wildman–Crippen LogP) is 3.63.